The largest absolute Gasteiger partial charge is 0.493 e. The predicted octanol–water partition coefficient (Wildman–Crippen LogP) is 7.97. The number of methoxy groups -OCH3 is 1. The Hall–Kier alpha value is -4.19. The molecule has 42 heavy (non-hydrogen) atoms. The van der Waals surface area contributed by atoms with Gasteiger partial charge in [0.25, 0.3) is 0 Å². The van der Waals surface area contributed by atoms with E-state index < -0.39 is 0 Å². The Morgan fingerprint density at radius 1 is 0.929 bits per heavy atom. The van der Waals surface area contributed by atoms with Crippen molar-refractivity contribution in [3.63, 3.8) is 0 Å². The van der Waals surface area contributed by atoms with E-state index in [9.17, 15) is 4.79 Å². The van der Waals surface area contributed by atoms with Crippen molar-refractivity contribution in [3.8, 4) is 11.5 Å². The van der Waals surface area contributed by atoms with Gasteiger partial charge < -0.3 is 24.3 Å². The maximum atomic E-state index is 11.9. The van der Waals surface area contributed by atoms with Crippen LogP contribution in [0.25, 0.3) is 21.8 Å². The molecule has 1 amide bonds. The number of aromatic nitrogens is 2. The normalized spacial score (nSPS) is 16.7. The number of H-pyrrole nitrogens is 2. The first-order chi connectivity index (χ1) is 20.5. The zero-order valence-electron chi connectivity index (χ0n) is 24.9. The molecule has 3 aromatic carbocycles. The highest BCUT2D eigenvalue weighted by Crippen LogP contribution is 2.41. The lowest BCUT2D eigenvalue weighted by Crippen LogP contribution is -2.34. The number of nitrogens with one attached hydrogen (secondary N) is 2. The molecule has 1 atom stereocenters. The molecule has 0 radical (unpaired) electrons. The molecule has 1 fully saturated rings. The summed E-state index contributed by atoms with van der Waals surface area (Å²) in [6, 6.07) is 19.3. The number of ether oxygens (including phenoxy) is 2. The summed E-state index contributed by atoms with van der Waals surface area (Å²) in [5.41, 5.74) is 8.71. The molecule has 7 rings (SSSR count). The maximum Gasteiger partial charge on any atom is 0.210 e. The van der Waals surface area contributed by atoms with E-state index in [4.69, 9.17) is 9.47 Å². The third kappa shape index (κ3) is 5.89. The smallest absolute Gasteiger partial charge is 0.210 e. The van der Waals surface area contributed by atoms with Crippen LogP contribution < -0.4 is 9.47 Å². The number of aryl methyl sites for hydroxylation is 3. The summed E-state index contributed by atoms with van der Waals surface area (Å²) in [6.07, 6.45) is 12.6. The number of amides is 1. The van der Waals surface area contributed by atoms with Crippen LogP contribution in [0.1, 0.15) is 66.0 Å². The maximum absolute atomic E-state index is 11.9. The first-order valence-electron chi connectivity index (χ1n) is 15.2. The van der Waals surface area contributed by atoms with Crippen LogP contribution in [0.4, 0.5) is 0 Å². The van der Waals surface area contributed by atoms with Crippen LogP contribution in [0.3, 0.4) is 0 Å². The molecular weight excluding hydrogens is 522 g/mol. The van der Waals surface area contributed by atoms with E-state index in [1.165, 1.54) is 62.5 Å². The minimum Gasteiger partial charge on any atom is -0.493 e. The van der Waals surface area contributed by atoms with E-state index >= 15 is 0 Å². The van der Waals surface area contributed by atoms with E-state index in [-0.39, 0.29) is 12.1 Å². The quantitative estimate of drug-likeness (QED) is 0.197. The van der Waals surface area contributed by atoms with Crippen molar-refractivity contribution in [1.29, 1.82) is 0 Å². The van der Waals surface area contributed by atoms with Crippen molar-refractivity contribution >= 4 is 28.2 Å². The molecule has 2 N–H and O–H groups in total. The number of benzene rings is 3. The van der Waals surface area contributed by atoms with Crippen molar-refractivity contribution in [2.45, 2.75) is 70.9 Å². The number of aromatic amines is 2. The Morgan fingerprint density at radius 2 is 1.71 bits per heavy atom. The van der Waals surface area contributed by atoms with E-state index in [0.717, 1.165) is 56.6 Å². The molecule has 2 aromatic heterocycles. The van der Waals surface area contributed by atoms with E-state index in [1.54, 1.807) is 7.11 Å². The van der Waals surface area contributed by atoms with Gasteiger partial charge >= 0.3 is 0 Å². The van der Waals surface area contributed by atoms with Gasteiger partial charge in [-0.2, -0.15) is 0 Å². The minimum atomic E-state index is 0.0449. The lowest BCUT2D eigenvalue weighted by atomic mass is 9.88. The van der Waals surface area contributed by atoms with Gasteiger partial charge in [0.1, 0.15) is 0 Å². The lowest BCUT2D eigenvalue weighted by molar-refractivity contribution is -0.120. The summed E-state index contributed by atoms with van der Waals surface area (Å²) >= 11 is 0. The molecule has 6 heteroatoms. The van der Waals surface area contributed by atoms with E-state index in [0.29, 0.717) is 0 Å². The molecule has 1 unspecified atom stereocenters. The van der Waals surface area contributed by atoms with Gasteiger partial charge in [-0.05, 0) is 122 Å². The second-order valence-electron chi connectivity index (χ2n) is 11.8. The molecule has 218 valence electrons. The molecule has 3 heterocycles. The van der Waals surface area contributed by atoms with Gasteiger partial charge in [-0.25, -0.2) is 0 Å². The Labute approximate surface area is 248 Å². The van der Waals surface area contributed by atoms with Crippen molar-refractivity contribution < 1.29 is 14.3 Å². The van der Waals surface area contributed by atoms with Gasteiger partial charge in [0.15, 0.2) is 11.5 Å². The lowest BCUT2D eigenvalue weighted by Gasteiger charge is -2.35. The molecule has 1 saturated carbocycles. The molecule has 6 nitrogen and oxygen atoms in total. The summed E-state index contributed by atoms with van der Waals surface area (Å²) in [5.74, 6) is 1.62. The van der Waals surface area contributed by atoms with Gasteiger partial charge in [0.2, 0.25) is 6.41 Å². The van der Waals surface area contributed by atoms with Crippen LogP contribution >= 0.6 is 0 Å². The van der Waals surface area contributed by atoms with Crippen LogP contribution in [-0.2, 0) is 17.6 Å². The number of nitrogens with zero attached hydrogens (tertiary/aromatic N) is 1. The molecule has 0 saturated heterocycles. The standard InChI is InChI=1S/C27H32N2O3.C9H9N/c1-18-7-9-22-20(16-28-24(22)13-18)8-10-25-23-15-27(32-21-5-3-4-6-21)26(31-2)14-19(23)11-12-29(25)17-30;1-7-2-3-8-4-5-10-9(8)6-7/h7,9,13-17,21,25,28H,3-6,8,10-12H2,1-2H3;2-6,10H,1H3. The molecule has 1 aliphatic carbocycles. The number of hydrogen-bond donors (Lipinski definition) is 2. The van der Waals surface area contributed by atoms with Gasteiger partial charge in [-0.1, -0.05) is 24.3 Å². The predicted molar refractivity (Wildman–Crippen MR) is 169 cm³/mol. The van der Waals surface area contributed by atoms with E-state index in [2.05, 4.69) is 84.6 Å². The molecule has 1 aliphatic heterocycles. The highest BCUT2D eigenvalue weighted by Gasteiger charge is 2.29. The molecule has 2 aliphatic rings. The van der Waals surface area contributed by atoms with Crippen LogP contribution in [-0.4, -0.2) is 41.0 Å². The monoisotopic (exact) mass is 563 g/mol. The number of carbonyl (C=O) groups is 1. The van der Waals surface area contributed by atoms with Gasteiger partial charge in [0, 0.05) is 35.4 Å². The first kappa shape index (κ1) is 28.0. The van der Waals surface area contributed by atoms with E-state index in [1.807, 2.05) is 11.1 Å². The van der Waals surface area contributed by atoms with Gasteiger partial charge in [-0.3, -0.25) is 4.79 Å². The fourth-order valence-corrected chi connectivity index (χ4v) is 6.57. The Morgan fingerprint density at radius 3 is 2.50 bits per heavy atom. The Kier molecular flexibility index (Phi) is 8.22. The number of rotatable bonds is 7. The summed E-state index contributed by atoms with van der Waals surface area (Å²) < 4.78 is 12.0. The third-order valence-electron chi connectivity index (χ3n) is 8.88. The Balaban J connectivity index is 0.000000265. The van der Waals surface area contributed by atoms with Crippen LogP contribution in [0.2, 0.25) is 0 Å². The van der Waals surface area contributed by atoms with Gasteiger partial charge in [0.05, 0.1) is 19.3 Å². The summed E-state index contributed by atoms with van der Waals surface area (Å²) in [7, 11) is 1.71. The van der Waals surface area contributed by atoms with Crippen LogP contribution in [0, 0.1) is 13.8 Å². The average molecular weight is 564 g/mol. The highest BCUT2D eigenvalue weighted by molar-refractivity contribution is 5.83. The van der Waals surface area contributed by atoms with Crippen molar-refractivity contribution in [2.75, 3.05) is 13.7 Å². The number of fused-ring (bicyclic) bond motifs is 3. The molecule has 0 spiro atoms. The first-order valence-corrected chi connectivity index (χ1v) is 15.2. The topological polar surface area (TPSA) is 70.3 Å². The minimum absolute atomic E-state index is 0.0449. The second-order valence-corrected chi connectivity index (χ2v) is 11.8. The SMILES string of the molecule is COc1cc2c(cc1OC1CCCC1)C(CCc1c[nH]c3cc(C)ccc13)N(C=O)CC2.Cc1ccc2cc[nH]c2c1. The van der Waals surface area contributed by atoms with Crippen molar-refractivity contribution in [1.82, 2.24) is 14.9 Å². The van der Waals surface area contributed by atoms with Crippen molar-refractivity contribution in [3.05, 3.63) is 94.8 Å². The molecular formula is C36H41N3O3. The fourth-order valence-electron chi connectivity index (χ4n) is 6.57. The van der Waals surface area contributed by atoms with Crippen LogP contribution in [0.15, 0.2) is 67.0 Å². The summed E-state index contributed by atoms with van der Waals surface area (Å²) in [6.45, 7) is 4.95. The number of carbonyl (C=O) groups excluding carboxylic acids is 1. The number of hydrogen-bond acceptors (Lipinski definition) is 3. The molecule has 0 bridgehead atoms. The Bertz CT molecular complexity index is 1680. The average Bonchev–Trinajstić information content (AvgIpc) is 3.77. The zero-order chi connectivity index (χ0) is 29.1. The zero-order valence-corrected chi connectivity index (χ0v) is 24.9. The summed E-state index contributed by atoms with van der Waals surface area (Å²) in [5, 5.41) is 2.55. The third-order valence-corrected chi connectivity index (χ3v) is 8.88. The van der Waals surface area contributed by atoms with Gasteiger partial charge in [-0.15, -0.1) is 0 Å². The van der Waals surface area contributed by atoms with Crippen molar-refractivity contribution in [2.24, 2.45) is 0 Å². The summed E-state index contributed by atoms with van der Waals surface area (Å²) in [4.78, 5) is 20.5. The second kappa shape index (κ2) is 12.4. The van der Waals surface area contributed by atoms with Crippen LogP contribution in [0.5, 0.6) is 11.5 Å². The molecule has 5 aromatic rings. The highest BCUT2D eigenvalue weighted by atomic mass is 16.5. The fraction of sp³-hybridized carbons (Fsp3) is 0.361.